The van der Waals surface area contributed by atoms with Crippen LogP contribution in [0.25, 0.3) is 0 Å². The Balaban J connectivity index is 1.61. The Kier molecular flexibility index (Phi) is 6.14. The number of nitrogens with one attached hydrogen (secondary N) is 1. The molecule has 1 aromatic carbocycles. The molecule has 0 saturated carbocycles. The summed E-state index contributed by atoms with van der Waals surface area (Å²) in [6.07, 6.45) is 5.41. The van der Waals surface area contributed by atoms with Gasteiger partial charge < -0.3 is 15.1 Å². The molecule has 0 bridgehead atoms. The van der Waals surface area contributed by atoms with Crippen LogP contribution in [0.3, 0.4) is 0 Å². The van der Waals surface area contributed by atoms with Crippen molar-refractivity contribution >= 4 is 17.7 Å². The van der Waals surface area contributed by atoms with Crippen LogP contribution in [0.5, 0.6) is 0 Å². The zero-order valence-corrected chi connectivity index (χ0v) is 16.3. The van der Waals surface area contributed by atoms with E-state index in [1.165, 1.54) is 35.8 Å². The molecule has 0 aromatic heterocycles. The van der Waals surface area contributed by atoms with Crippen molar-refractivity contribution in [2.45, 2.75) is 52.0 Å². The third-order valence-corrected chi connectivity index (χ3v) is 5.69. The van der Waals surface area contributed by atoms with E-state index in [1.54, 1.807) is 4.90 Å². The van der Waals surface area contributed by atoms with Gasteiger partial charge in [-0.1, -0.05) is 25.1 Å². The highest BCUT2D eigenvalue weighted by molar-refractivity contribution is 6.35. The van der Waals surface area contributed by atoms with E-state index in [-0.39, 0.29) is 11.9 Å². The van der Waals surface area contributed by atoms with E-state index in [0.717, 1.165) is 24.8 Å². The number of hydrogen-bond donors (Lipinski definition) is 1. The summed E-state index contributed by atoms with van der Waals surface area (Å²) in [7, 11) is 0. The van der Waals surface area contributed by atoms with Gasteiger partial charge >= 0.3 is 11.8 Å². The third-order valence-electron chi connectivity index (χ3n) is 5.69. The summed E-state index contributed by atoms with van der Waals surface area (Å²) in [6, 6.07) is 6.28. The zero-order chi connectivity index (χ0) is 19.4. The van der Waals surface area contributed by atoms with Gasteiger partial charge in [-0.25, -0.2) is 0 Å². The van der Waals surface area contributed by atoms with E-state index < -0.39 is 11.8 Å². The van der Waals surface area contributed by atoms with Crippen LogP contribution >= 0.6 is 0 Å². The van der Waals surface area contributed by atoms with E-state index in [9.17, 15) is 14.4 Å². The fourth-order valence-electron chi connectivity index (χ4n) is 3.98. The molecule has 1 heterocycles. The largest absolute Gasteiger partial charge is 0.341 e. The minimum Gasteiger partial charge on any atom is -0.341 e. The lowest BCUT2D eigenvalue weighted by Gasteiger charge is -2.34. The monoisotopic (exact) mass is 371 g/mol. The highest BCUT2D eigenvalue weighted by Gasteiger charge is 2.28. The van der Waals surface area contributed by atoms with Gasteiger partial charge in [0.05, 0.1) is 6.04 Å². The van der Waals surface area contributed by atoms with Crippen LogP contribution in [0.1, 0.15) is 55.8 Å². The van der Waals surface area contributed by atoms with Gasteiger partial charge in [-0.2, -0.15) is 0 Å². The molecular formula is C21H29N3O3. The molecule has 1 fully saturated rings. The van der Waals surface area contributed by atoms with Crippen LogP contribution in [-0.2, 0) is 27.2 Å². The van der Waals surface area contributed by atoms with Crippen molar-refractivity contribution in [2.75, 3.05) is 26.2 Å². The Bertz CT molecular complexity index is 723. The summed E-state index contributed by atoms with van der Waals surface area (Å²) in [5, 5.41) is 2.91. The van der Waals surface area contributed by atoms with E-state index in [4.69, 9.17) is 0 Å². The molecule has 1 N–H and O–H groups in total. The Morgan fingerprint density at radius 2 is 1.63 bits per heavy atom. The summed E-state index contributed by atoms with van der Waals surface area (Å²) < 4.78 is 0. The molecule has 146 valence electrons. The molecule has 1 saturated heterocycles. The van der Waals surface area contributed by atoms with Crippen molar-refractivity contribution in [3.8, 4) is 0 Å². The van der Waals surface area contributed by atoms with Crippen molar-refractivity contribution in [3.05, 3.63) is 34.9 Å². The van der Waals surface area contributed by atoms with Gasteiger partial charge in [0.15, 0.2) is 0 Å². The van der Waals surface area contributed by atoms with Crippen molar-refractivity contribution in [2.24, 2.45) is 0 Å². The number of carbonyl (C=O) groups excluding carboxylic acids is 3. The quantitative estimate of drug-likeness (QED) is 0.824. The first kappa shape index (κ1) is 19.4. The Labute approximate surface area is 160 Å². The Hall–Kier alpha value is -2.37. The summed E-state index contributed by atoms with van der Waals surface area (Å²) in [4.78, 5) is 39.6. The molecule has 3 rings (SSSR count). The molecule has 27 heavy (non-hydrogen) atoms. The second-order valence-electron chi connectivity index (χ2n) is 7.47. The highest BCUT2D eigenvalue weighted by Crippen LogP contribution is 2.26. The van der Waals surface area contributed by atoms with Crippen LogP contribution in [0.4, 0.5) is 0 Å². The van der Waals surface area contributed by atoms with Crippen LogP contribution in [0.2, 0.25) is 0 Å². The van der Waals surface area contributed by atoms with Crippen LogP contribution < -0.4 is 5.32 Å². The number of benzene rings is 1. The number of piperazine rings is 1. The fourth-order valence-corrected chi connectivity index (χ4v) is 3.98. The van der Waals surface area contributed by atoms with Crippen molar-refractivity contribution in [1.82, 2.24) is 15.1 Å². The van der Waals surface area contributed by atoms with Gasteiger partial charge in [0.2, 0.25) is 5.91 Å². The molecule has 6 nitrogen and oxygen atoms in total. The highest BCUT2D eigenvalue weighted by atomic mass is 16.2. The van der Waals surface area contributed by atoms with E-state index >= 15 is 0 Å². The Morgan fingerprint density at radius 3 is 2.26 bits per heavy atom. The SMILES string of the molecule is CCC(NC(=O)C(=O)N1CCN(C(C)=O)CC1)c1ccc2c(c1)CCCC2. The predicted octanol–water partition coefficient (Wildman–Crippen LogP) is 1.82. The second-order valence-corrected chi connectivity index (χ2v) is 7.47. The minimum absolute atomic E-state index is 0.00464. The fraction of sp³-hybridized carbons (Fsp3) is 0.571. The minimum atomic E-state index is -0.559. The maximum Gasteiger partial charge on any atom is 0.312 e. The summed E-state index contributed by atoms with van der Waals surface area (Å²) in [5.41, 5.74) is 3.85. The van der Waals surface area contributed by atoms with E-state index in [1.807, 2.05) is 6.92 Å². The average Bonchev–Trinajstić information content (AvgIpc) is 2.71. The van der Waals surface area contributed by atoms with Crippen molar-refractivity contribution in [3.63, 3.8) is 0 Å². The van der Waals surface area contributed by atoms with Crippen LogP contribution in [-0.4, -0.2) is 53.7 Å². The number of fused-ring (bicyclic) bond motifs is 1. The molecule has 1 aromatic rings. The van der Waals surface area contributed by atoms with Gasteiger partial charge in [-0.3, -0.25) is 14.4 Å². The summed E-state index contributed by atoms with van der Waals surface area (Å²) >= 11 is 0. The number of amides is 3. The lowest BCUT2D eigenvalue weighted by molar-refractivity contribution is -0.148. The molecule has 3 amide bonds. The lowest BCUT2D eigenvalue weighted by Crippen LogP contribution is -2.53. The molecule has 1 aliphatic heterocycles. The maximum atomic E-state index is 12.5. The molecule has 2 aliphatic rings. The normalized spacial score (nSPS) is 17.9. The first-order chi connectivity index (χ1) is 13.0. The average molecular weight is 371 g/mol. The maximum absolute atomic E-state index is 12.5. The van der Waals surface area contributed by atoms with Gasteiger partial charge in [0.25, 0.3) is 0 Å². The van der Waals surface area contributed by atoms with Gasteiger partial charge in [0, 0.05) is 33.1 Å². The smallest absolute Gasteiger partial charge is 0.312 e. The number of carbonyl (C=O) groups is 3. The Morgan fingerprint density at radius 1 is 1.00 bits per heavy atom. The number of nitrogens with zero attached hydrogens (tertiary/aromatic N) is 2. The van der Waals surface area contributed by atoms with Gasteiger partial charge in [-0.15, -0.1) is 0 Å². The van der Waals surface area contributed by atoms with E-state index in [0.29, 0.717) is 26.2 Å². The second kappa shape index (κ2) is 8.55. The predicted molar refractivity (Wildman–Crippen MR) is 103 cm³/mol. The molecule has 1 aliphatic carbocycles. The number of aryl methyl sites for hydroxylation is 2. The van der Waals surface area contributed by atoms with E-state index in [2.05, 4.69) is 23.5 Å². The first-order valence-corrected chi connectivity index (χ1v) is 9.96. The zero-order valence-electron chi connectivity index (χ0n) is 16.3. The molecule has 1 unspecified atom stereocenters. The van der Waals surface area contributed by atoms with Crippen molar-refractivity contribution < 1.29 is 14.4 Å². The molecule has 1 atom stereocenters. The molecular weight excluding hydrogens is 342 g/mol. The van der Waals surface area contributed by atoms with Crippen molar-refractivity contribution in [1.29, 1.82) is 0 Å². The van der Waals surface area contributed by atoms with Crippen LogP contribution in [0, 0.1) is 0 Å². The standard InChI is InChI=1S/C21H29N3O3/c1-3-19(18-9-8-16-6-4-5-7-17(16)14-18)22-20(26)21(27)24-12-10-23(11-13-24)15(2)25/h8-9,14,19H,3-7,10-13H2,1-2H3,(H,22,26). The number of hydrogen-bond acceptors (Lipinski definition) is 3. The third kappa shape index (κ3) is 4.49. The topological polar surface area (TPSA) is 69.7 Å². The molecule has 0 spiro atoms. The van der Waals surface area contributed by atoms with Gasteiger partial charge in [-0.05, 0) is 48.8 Å². The summed E-state index contributed by atoms with van der Waals surface area (Å²) in [6.45, 7) is 5.31. The number of rotatable bonds is 3. The molecule has 0 radical (unpaired) electrons. The van der Waals surface area contributed by atoms with Crippen LogP contribution in [0.15, 0.2) is 18.2 Å². The van der Waals surface area contributed by atoms with Gasteiger partial charge in [0.1, 0.15) is 0 Å². The molecule has 6 heteroatoms. The first-order valence-electron chi connectivity index (χ1n) is 9.96. The summed E-state index contributed by atoms with van der Waals surface area (Å²) in [5.74, 6) is -1.06. The lowest BCUT2D eigenvalue weighted by atomic mass is 9.89.